The highest BCUT2D eigenvalue weighted by Crippen LogP contribution is 2.36. The molecule has 0 saturated carbocycles. The van der Waals surface area contributed by atoms with Gasteiger partial charge < -0.3 is 20.1 Å². The predicted molar refractivity (Wildman–Crippen MR) is 128 cm³/mol. The van der Waals surface area contributed by atoms with Crippen LogP contribution in [0.2, 0.25) is 0 Å². The molecule has 0 spiro atoms. The molecule has 162 valence electrons. The monoisotopic (exact) mass is 482 g/mol. The molecule has 31 heavy (non-hydrogen) atoms. The zero-order chi connectivity index (χ0) is 22.2. The molecule has 0 aromatic heterocycles. The van der Waals surface area contributed by atoms with Crippen molar-refractivity contribution in [3.05, 3.63) is 87.4 Å². The summed E-state index contributed by atoms with van der Waals surface area (Å²) in [6, 6.07) is 19.8. The van der Waals surface area contributed by atoms with Gasteiger partial charge in [0.2, 0.25) is 0 Å². The van der Waals surface area contributed by atoms with Gasteiger partial charge in [-0.05, 0) is 43.7 Å². The van der Waals surface area contributed by atoms with Crippen molar-refractivity contribution >= 4 is 27.5 Å². The zero-order valence-electron chi connectivity index (χ0n) is 18.0. The number of ether oxygens (including phenoxy) is 2. The molecule has 3 aromatic rings. The molecule has 0 aliphatic carbocycles. The first-order chi connectivity index (χ1) is 15.0. The van der Waals surface area contributed by atoms with Gasteiger partial charge in [0.25, 0.3) is 5.91 Å². The van der Waals surface area contributed by atoms with E-state index in [0.717, 1.165) is 27.8 Å². The largest absolute Gasteiger partial charge is 0.493 e. The predicted octanol–water partition coefficient (Wildman–Crippen LogP) is 5.38. The van der Waals surface area contributed by atoms with Crippen LogP contribution in [-0.2, 0) is 17.9 Å². The van der Waals surface area contributed by atoms with Crippen molar-refractivity contribution in [1.82, 2.24) is 5.32 Å². The van der Waals surface area contributed by atoms with Gasteiger partial charge in [-0.25, -0.2) is 0 Å². The molecule has 0 aliphatic heterocycles. The second-order valence-electron chi connectivity index (χ2n) is 7.35. The van der Waals surface area contributed by atoms with Gasteiger partial charge in [0.15, 0.2) is 18.1 Å². The number of benzene rings is 3. The SMILES string of the molecule is COc1ccc(Br)c(CNCc2ccc(C)cc2)c1OCC(=O)Nc1ccc(C)cc1. The van der Waals surface area contributed by atoms with E-state index in [2.05, 4.69) is 57.8 Å². The summed E-state index contributed by atoms with van der Waals surface area (Å²) in [5.74, 6) is 0.898. The molecule has 2 N–H and O–H groups in total. The van der Waals surface area contributed by atoms with E-state index < -0.39 is 0 Å². The Morgan fingerprint density at radius 1 is 0.903 bits per heavy atom. The number of hydrogen-bond acceptors (Lipinski definition) is 4. The third-order valence-electron chi connectivity index (χ3n) is 4.82. The van der Waals surface area contributed by atoms with Gasteiger partial charge >= 0.3 is 0 Å². The van der Waals surface area contributed by atoms with Crippen molar-refractivity contribution in [2.75, 3.05) is 19.0 Å². The maximum Gasteiger partial charge on any atom is 0.262 e. The highest BCUT2D eigenvalue weighted by atomic mass is 79.9. The van der Waals surface area contributed by atoms with Crippen LogP contribution in [-0.4, -0.2) is 19.6 Å². The van der Waals surface area contributed by atoms with Crippen molar-refractivity contribution in [1.29, 1.82) is 0 Å². The van der Waals surface area contributed by atoms with Gasteiger partial charge in [0, 0.05) is 28.8 Å². The van der Waals surface area contributed by atoms with E-state index in [1.165, 1.54) is 11.1 Å². The lowest BCUT2D eigenvalue weighted by Crippen LogP contribution is -2.21. The number of halogens is 1. The first kappa shape index (κ1) is 22.8. The average Bonchev–Trinajstić information content (AvgIpc) is 2.76. The Kier molecular flexibility index (Phi) is 8.09. The normalized spacial score (nSPS) is 10.6. The first-order valence-corrected chi connectivity index (χ1v) is 10.9. The lowest BCUT2D eigenvalue weighted by molar-refractivity contribution is -0.118. The van der Waals surface area contributed by atoms with Crippen molar-refractivity contribution < 1.29 is 14.3 Å². The Morgan fingerprint density at radius 3 is 2.19 bits per heavy atom. The maximum atomic E-state index is 12.4. The molecular formula is C25H27BrN2O3. The van der Waals surface area contributed by atoms with Crippen LogP contribution in [0.3, 0.4) is 0 Å². The fourth-order valence-corrected chi connectivity index (χ4v) is 3.53. The highest BCUT2D eigenvalue weighted by molar-refractivity contribution is 9.10. The Hall–Kier alpha value is -2.83. The molecule has 5 nitrogen and oxygen atoms in total. The minimum absolute atomic E-state index is 0.119. The molecule has 0 atom stereocenters. The molecule has 0 bridgehead atoms. The van der Waals surface area contributed by atoms with Crippen LogP contribution in [0.25, 0.3) is 0 Å². The third kappa shape index (κ3) is 6.57. The van der Waals surface area contributed by atoms with Gasteiger partial charge in [0.05, 0.1) is 7.11 Å². The van der Waals surface area contributed by atoms with Gasteiger partial charge in [-0.15, -0.1) is 0 Å². The number of aryl methyl sites for hydroxylation is 2. The summed E-state index contributed by atoms with van der Waals surface area (Å²) < 4.78 is 12.3. The third-order valence-corrected chi connectivity index (χ3v) is 5.56. The molecule has 1 amide bonds. The quantitative estimate of drug-likeness (QED) is 0.429. The number of carbonyl (C=O) groups is 1. The number of nitrogens with one attached hydrogen (secondary N) is 2. The minimum atomic E-state index is -0.232. The van der Waals surface area contributed by atoms with Gasteiger partial charge in [0.1, 0.15) is 0 Å². The summed E-state index contributed by atoms with van der Waals surface area (Å²) in [5, 5.41) is 6.28. The van der Waals surface area contributed by atoms with Crippen molar-refractivity contribution in [3.8, 4) is 11.5 Å². The second-order valence-corrected chi connectivity index (χ2v) is 8.20. The molecule has 3 rings (SSSR count). The number of hydrogen-bond donors (Lipinski definition) is 2. The van der Waals surface area contributed by atoms with E-state index in [0.29, 0.717) is 18.0 Å². The maximum absolute atomic E-state index is 12.4. The number of anilines is 1. The van der Waals surface area contributed by atoms with Gasteiger partial charge in [-0.1, -0.05) is 63.5 Å². The average molecular weight is 483 g/mol. The molecule has 0 fully saturated rings. The molecule has 0 radical (unpaired) electrons. The van der Waals surface area contributed by atoms with E-state index in [1.54, 1.807) is 7.11 Å². The fourth-order valence-electron chi connectivity index (χ4n) is 3.08. The van der Waals surface area contributed by atoms with Crippen LogP contribution in [0.1, 0.15) is 22.3 Å². The molecule has 6 heteroatoms. The Balaban J connectivity index is 1.66. The van der Waals surface area contributed by atoms with E-state index in [9.17, 15) is 4.79 Å². The lowest BCUT2D eigenvalue weighted by Gasteiger charge is -2.17. The van der Waals surface area contributed by atoms with Crippen molar-refractivity contribution in [2.24, 2.45) is 0 Å². The molecular weight excluding hydrogens is 456 g/mol. The molecule has 0 heterocycles. The smallest absolute Gasteiger partial charge is 0.262 e. The second kappa shape index (κ2) is 11.0. The highest BCUT2D eigenvalue weighted by Gasteiger charge is 2.16. The summed E-state index contributed by atoms with van der Waals surface area (Å²) in [7, 11) is 1.59. The van der Waals surface area contributed by atoms with E-state index in [-0.39, 0.29) is 12.5 Å². The van der Waals surface area contributed by atoms with Gasteiger partial charge in [-0.3, -0.25) is 4.79 Å². The Labute approximate surface area is 191 Å². The molecule has 0 saturated heterocycles. The number of carbonyl (C=O) groups excluding carboxylic acids is 1. The minimum Gasteiger partial charge on any atom is -0.493 e. The van der Waals surface area contributed by atoms with Crippen LogP contribution in [0.5, 0.6) is 11.5 Å². The Bertz CT molecular complexity index is 1020. The summed E-state index contributed by atoms with van der Waals surface area (Å²) in [6.07, 6.45) is 0. The van der Waals surface area contributed by atoms with Gasteiger partial charge in [-0.2, -0.15) is 0 Å². The number of amides is 1. The Morgan fingerprint density at radius 2 is 1.55 bits per heavy atom. The zero-order valence-corrected chi connectivity index (χ0v) is 19.6. The van der Waals surface area contributed by atoms with E-state index in [4.69, 9.17) is 9.47 Å². The van der Waals surface area contributed by atoms with E-state index >= 15 is 0 Å². The molecule has 0 aliphatic rings. The number of rotatable bonds is 9. The van der Waals surface area contributed by atoms with E-state index in [1.807, 2.05) is 43.3 Å². The summed E-state index contributed by atoms with van der Waals surface area (Å²) >= 11 is 3.60. The van der Waals surface area contributed by atoms with Crippen LogP contribution < -0.4 is 20.1 Å². The van der Waals surface area contributed by atoms with Crippen LogP contribution in [0.15, 0.2) is 65.1 Å². The molecule has 0 unspecified atom stereocenters. The standard InChI is InChI=1S/C25H27BrN2O3/c1-17-4-8-19(9-5-17)14-27-15-21-22(26)12-13-23(30-3)25(21)31-16-24(29)28-20-10-6-18(2)7-11-20/h4-13,27H,14-16H2,1-3H3,(H,28,29). The first-order valence-electron chi connectivity index (χ1n) is 10.1. The van der Waals surface area contributed by atoms with Crippen LogP contribution in [0, 0.1) is 13.8 Å². The topological polar surface area (TPSA) is 59.6 Å². The number of methoxy groups -OCH3 is 1. The fraction of sp³-hybridized carbons (Fsp3) is 0.240. The van der Waals surface area contributed by atoms with Crippen LogP contribution >= 0.6 is 15.9 Å². The summed E-state index contributed by atoms with van der Waals surface area (Å²) in [5.41, 5.74) is 5.20. The van der Waals surface area contributed by atoms with Crippen molar-refractivity contribution in [3.63, 3.8) is 0 Å². The molecule has 3 aromatic carbocycles. The lowest BCUT2D eigenvalue weighted by atomic mass is 10.1. The summed E-state index contributed by atoms with van der Waals surface area (Å²) in [6.45, 7) is 5.23. The van der Waals surface area contributed by atoms with Crippen LogP contribution in [0.4, 0.5) is 5.69 Å². The van der Waals surface area contributed by atoms with Crippen molar-refractivity contribution in [2.45, 2.75) is 26.9 Å². The summed E-state index contributed by atoms with van der Waals surface area (Å²) in [4.78, 5) is 12.4.